The van der Waals surface area contributed by atoms with Gasteiger partial charge in [0.1, 0.15) is 5.75 Å². The number of benzene rings is 1. The first kappa shape index (κ1) is 14.0. The first-order valence-electron chi connectivity index (χ1n) is 6.24. The van der Waals surface area contributed by atoms with Crippen molar-refractivity contribution in [3.8, 4) is 5.75 Å². The Morgan fingerprint density at radius 3 is 2.40 bits per heavy atom. The molecule has 0 aromatic heterocycles. The zero-order valence-corrected chi connectivity index (χ0v) is 11.2. The smallest absolute Gasteiger partial charge is 0.341 e. The van der Waals surface area contributed by atoms with Crippen molar-refractivity contribution in [3.05, 3.63) is 24.3 Å². The Kier molecular flexibility index (Phi) is 3.74. The molecule has 2 atom stereocenters. The van der Waals surface area contributed by atoms with E-state index in [1.807, 2.05) is 0 Å². The van der Waals surface area contributed by atoms with Gasteiger partial charge in [0.15, 0.2) is 6.61 Å². The molecule has 106 valence electrons. The summed E-state index contributed by atoms with van der Waals surface area (Å²) in [6.07, 6.45) is 0. The highest BCUT2D eigenvalue weighted by molar-refractivity contribution is 6.21. The topological polar surface area (TPSA) is 83.9 Å². The van der Waals surface area contributed by atoms with Crippen LogP contribution in [-0.2, 0) is 14.4 Å². The Hall–Kier alpha value is -2.37. The molecule has 6 nitrogen and oxygen atoms in total. The van der Waals surface area contributed by atoms with Crippen molar-refractivity contribution in [2.24, 2.45) is 11.8 Å². The number of rotatable bonds is 4. The van der Waals surface area contributed by atoms with Crippen molar-refractivity contribution < 1.29 is 24.2 Å². The molecule has 2 unspecified atom stereocenters. The highest BCUT2D eigenvalue weighted by atomic mass is 16.5. The van der Waals surface area contributed by atoms with E-state index in [9.17, 15) is 14.4 Å². The lowest BCUT2D eigenvalue weighted by molar-refractivity contribution is -0.139. The van der Waals surface area contributed by atoms with E-state index in [4.69, 9.17) is 9.84 Å². The average molecular weight is 277 g/mol. The number of anilines is 1. The van der Waals surface area contributed by atoms with Crippen molar-refractivity contribution in [1.29, 1.82) is 0 Å². The molecular weight excluding hydrogens is 262 g/mol. The third-order valence-corrected chi connectivity index (χ3v) is 3.41. The van der Waals surface area contributed by atoms with Gasteiger partial charge in [0, 0.05) is 17.9 Å². The van der Waals surface area contributed by atoms with Crippen LogP contribution in [0.1, 0.15) is 13.8 Å². The van der Waals surface area contributed by atoms with Crippen LogP contribution < -0.4 is 9.64 Å². The molecule has 1 aromatic carbocycles. The standard InChI is InChI=1S/C14H15NO5/c1-8-9(2)14(19)15(13(8)18)10-4-3-5-11(6-10)20-7-12(16)17/h3-6,8-9H,7H2,1-2H3,(H,16,17). The Morgan fingerprint density at radius 1 is 1.25 bits per heavy atom. The minimum absolute atomic E-state index is 0.252. The number of carbonyl (C=O) groups excluding carboxylic acids is 2. The van der Waals surface area contributed by atoms with E-state index in [2.05, 4.69) is 0 Å². The van der Waals surface area contributed by atoms with Crippen LogP contribution in [0.5, 0.6) is 5.75 Å². The van der Waals surface area contributed by atoms with Crippen molar-refractivity contribution >= 4 is 23.5 Å². The molecule has 1 fully saturated rings. The van der Waals surface area contributed by atoms with E-state index >= 15 is 0 Å². The Balaban J connectivity index is 2.25. The third kappa shape index (κ3) is 2.49. The van der Waals surface area contributed by atoms with Gasteiger partial charge in [0.2, 0.25) is 11.8 Å². The van der Waals surface area contributed by atoms with Gasteiger partial charge in [-0.25, -0.2) is 9.69 Å². The summed E-state index contributed by atoms with van der Waals surface area (Å²) < 4.78 is 5.04. The maximum Gasteiger partial charge on any atom is 0.341 e. The van der Waals surface area contributed by atoms with Crippen molar-refractivity contribution in [2.45, 2.75) is 13.8 Å². The van der Waals surface area contributed by atoms with Crippen molar-refractivity contribution in [1.82, 2.24) is 0 Å². The summed E-state index contributed by atoms with van der Waals surface area (Å²) in [7, 11) is 0. The quantitative estimate of drug-likeness (QED) is 0.838. The first-order valence-corrected chi connectivity index (χ1v) is 6.24. The van der Waals surface area contributed by atoms with Crippen molar-refractivity contribution in [3.63, 3.8) is 0 Å². The van der Waals surface area contributed by atoms with Gasteiger partial charge in [-0.1, -0.05) is 19.9 Å². The summed E-state index contributed by atoms with van der Waals surface area (Å²) >= 11 is 0. The van der Waals surface area contributed by atoms with Gasteiger partial charge >= 0.3 is 5.97 Å². The van der Waals surface area contributed by atoms with Crippen molar-refractivity contribution in [2.75, 3.05) is 11.5 Å². The normalized spacial score (nSPS) is 22.2. The number of imide groups is 1. The SMILES string of the molecule is CC1C(=O)N(c2cccc(OCC(=O)O)c2)C(=O)C1C. The molecule has 0 aliphatic carbocycles. The molecule has 1 aliphatic heterocycles. The summed E-state index contributed by atoms with van der Waals surface area (Å²) in [4.78, 5) is 35.7. The number of amides is 2. The fourth-order valence-electron chi connectivity index (χ4n) is 2.06. The molecule has 1 aromatic rings. The molecule has 1 heterocycles. The molecule has 0 spiro atoms. The molecule has 20 heavy (non-hydrogen) atoms. The van der Waals surface area contributed by atoms with Crippen LogP contribution in [0.15, 0.2) is 24.3 Å². The molecule has 2 amide bonds. The van der Waals surface area contributed by atoms with Gasteiger partial charge in [-0.3, -0.25) is 9.59 Å². The van der Waals surface area contributed by atoms with Crippen LogP contribution in [0.3, 0.4) is 0 Å². The van der Waals surface area contributed by atoms with E-state index in [1.165, 1.54) is 6.07 Å². The monoisotopic (exact) mass is 277 g/mol. The maximum absolute atomic E-state index is 12.1. The van der Waals surface area contributed by atoms with Gasteiger partial charge in [0.05, 0.1) is 5.69 Å². The van der Waals surface area contributed by atoms with Gasteiger partial charge in [-0.2, -0.15) is 0 Å². The second-order valence-corrected chi connectivity index (χ2v) is 4.77. The fraction of sp³-hybridized carbons (Fsp3) is 0.357. The molecule has 1 N–H and O–H groups in total. The van der Waals surface area contributed by atoms with E-state index in [0.29, 0.717) is 11.4 Å². The van der Waals surface area contributed by atoms with Crippen LogP contribution in [0.2, 0.25) is 0 Å². The summed E-state index contributed by atoms with van der Waals surface area (Å²) in [6, 6.07) is 6.29. The van der Waals surface area contributed by atoms with Gasteiger partial charge in [0.25, 0.3) is 0 Å². The fourth-order valence-corrected chi connectivity index (χ4v) is 2.06. The summed E-state index contributed by atoms with van der Waals surface area (Å²) in [5, 5.41) is 8.57. The molecule has 1 aliphatic rings. The Bertz CT molecular complexity index is 548. The lowest BCUT2D eigenvalue weighted by Gasteiger charge is -2.15. The zero-order valence-electron chi connectivity index (χ0n) is 11.2. The van der Waals surface area contributed by atoms with E-state index in [1.54, 1.807) is 32.0 Å². The molecule has 6 heteroatoms. The number of carbonyl (C=O) groups is 3. The summed E-state index contributed by atoms with van der Waals surface area (Å²) in [5.74, 6) is -2.00. The largest absolute Gasteiger partial charge is 0.482 e. The summed E-state index contributed by atoms with van der Waals surface area (Å²) in [6.45, 7) is 2.96. The summed E-state index contributed by atoms with van der Waals surface area (Å²) in [5.41, 5.74) is 0.402. The van der Waals surface area contributed by atoms with Crippen LogP contribution >= 0.6 is 0 Å². The Morgan fingerprint density at radius 2 is 1.85 bits per heavy atom. The minimum Gasteiger partial charge on any atom is -0.482 e. The van der Waals surface area contributed by atoms with Crippen LogP contribution in [-0.4, -0.2) is 29.5 Å². The van der Waals surface area contributed by atoms with Gasteiger partial charge in [-0.15, -0.1) is 0 Å². The highest BCUT2D eigenvalue weighted by Gasteiger charge is 2.43. The second kappa shape index (κ2) is 5.32. The number of hydrogen-bond donors (Lipinski definition) is 1. The number of aliphatic carboxylic acids is 1. The predicted octanol–water partition coefficient (Wildman–Crippen LogP) is 1.30. The second-order valence-electron chi connectivity index (χ2n) is 4.77. The van der Waals surface area contributed by atoms with Gasteiger partial charge in [-0.05, 0) is 12.1 Å². The van der Waals surface area contributed by atoms with Crippen LogP contribution in [0.4, 0.5) is 5.69 Å². The number of carboxylic acids is 1. The maximum atomic E-state index is 12.1. The van der Waals surface area contributed by atoms with E-state index in [0.717, 1.165) is 4.90 Å². The molecule has 0 bridgehead atoms. The number of ether oxygens (including phenoxy) is 1. The number of carboxylic acid groups (broad SMARTS) is 1. The molecule has 2 rings (SSSR count). The van der Waals surface area contributed by atoms with E-state index in [-0.39, 0.29) is 23.7 Å². The Labute approximate surface area is 115 Å². The van der Waals surface area contributed by atoms with Crippen LogP contribution in [0, 0.1) is 11.8 Å². The van der Waals surface area contributed by atoms with Gasteiger partial charge < -0.3 is 9.84 Å². The average Bonchev–Trinajstić information content (AvgIpc) is 2.61. The lowest BCUT2D eigenvalue weighted by Crippen LogP contribution is -2.30. The predicted molar refractivity (Wildman–Crippen MR) is 70.4 cm³/mol. The zero-order chi connectivity index (χ0) is 14.9. The molecular formula is C14H15NO5. The number of hydrogen-bond acceptors (Lipinski definition) is 4. The number of nitrogens with zero attached hydrogens (tertiary/aromatic N) is 1. The first-order chi connectivity index (χ1) is 9.41. The lowest BCUT2D eigenvalue weighted by atomic mass is 10.00. The molecule has 0 saturated carbocycles. The highest BCUT2D eigenvalue weighted by Crippen LogP contribution is 2.31. The third-order valence-electron chi connectivity index (χ3n) is 3.41. The van der Waals surface area contributed by atoms with Crippen LogP contribution in [0.25, 0.3) is 0 Å². The minimum atomic E-state index is -1.09. The molecule has 1 saturated heterocycles. The molecule has 0 radical (unpaired) electrons. The van der Waals surface area contributed by atoms with E-state index < -0.39 is 12.6 Å².